The zero-order valence-corrected chi connectivity index (χ0v) is 26.3. The number of ether oxygens (including phenoxy) is 5. The maximum Gasteiger partial charge on any atom is 0.341 e. The van der Waals surface area contributed by atoms with Gasteiger partial charge in [-0.15, -0.1) is 0 Å². The van der Waals surface area contributed by atoms with Gasteiger partial charge in [-0.05, 0) is 38.0 Å². The molecule has 246 valence electrons. The summed E-state index contributed by atoms with van der Waals surface area (Å²) in [5.41, 5.74) is -8.43. The van der Waals surface area contributed by atoms with Crippen LogP contribution in [0.4, 0.5) is 0 Å². The largest absolute Gasteiger partial charge is 0.462 e. The van der Waals surface area contributed by atoms with Gasteiger partial charge in [0.1, 0.15) is 41.9 Å². The first kappa shape index (κ1) is 29.9. The maximum atomic E-state index is 15.2. The molecule has 18 atom stereocenters. The van der Waals surface area contributed by atoms with Gasteiger partial charge >= 0.3 is 17.9 Å². The van der Waals surface area contributed by atoms with Gasteiger partial charge in [0.2, 0.25) is 0 Å². The molecule has 0 aromatic carbocycles. The highest BCUT2D eigenvalue weighted by atomic mass is 16.8. The van der Waals surface area contributed by atoms with Crippen LogP contribution in [0.15, 0.2) is 0 Å². The molecule has 0 amide bonds. The Labute approximate surface area is 259 Å². The Morgan fingerprint density at radius 3 is 2.22 bits per heavy atom. The van der Waals surface area contributed by atoms with E-state index in [0.29, 0.717) is 0 Å². The van der Waals surface area contributed by atoms with Crippen molar-refractivity contribution >= 4 is 29.5 Å². The lowest BCUT2D eigenvalue weighted by molar-refractivity contribution is -0.274. The van der Waals surface area contributed by atoms with Crippen LogP contribution in [-0.4, -0.2) is 98.4 Å². The average Bonchev–Trinajstić information content (AvgIpc) is 3.84. The molecule has 0 unspecified atom stereocenters. The smallest absolute Gasteiger partial charge is 0.341 e. The molecule has 13 heteroatoms. The van der Waals surface area contributed by atoms with Crippen LogP contribution < -0.4 is 0 Å². The van der Waals surface area contributed by atoms with Gasteiger partial charge in [-0.3, -0.25) is 19.2 Å². The second-order valence-corrected chi connectivity index (χ2v) is 15.8. The lowest BCUT2D eigenvalue weighted by Crippen LogP contribution is -2.77. The SMILES string of the molecule is CC(=O)O[C@H]1C[C@H]2[C@@H](C(=O)[C@H](O)[C@@]3(O)C[C@@H]4O[C@@H]4[C@H](OC(C)=O)[C@]23C)[C@@H]2C(=O)[C@@H]3[C@H]([C@H](C)[C@H]4O[C@]45OC(=O)[C@@](C)(O)[C@]35C)[C@@]12C. The van der Waals surface area contributed by atoms with Gasteiger partial charge in [0.05, 0.1) is 11.5 Å². The quantitative estimate of drug-likeness (QED) is 0.206. The first-order valence-corrected chi connectivity index (χ1v) is 15.9. The van der Waals surface area contributed by atoms with E-state index in [-0.39, 0.29) is 12.8 Å². The number of esters is 3. The van der Waals surface area contributed by atoms with Crippen molar-refractivity contribution in [2.24, 2.45) is 51.8 Å². The van der Waals surface area contributed by atoms with Crippen molar-refractivity contribution < 1.29 is 63.0 Å². The van der Waals surface area contributed by atoms with Crippen LogP contribution in [0.1, 0.15) is 61.3 Å². The summed E-state index contributed by atoms with van der Waals surface area (Å²) in [5.74, 6) is -10.1. The number of ketones is 2. The van der Waals surface area contributed by atoms with Crippen molar-refractivity contribution in [2.45, 2.75) is 115 Å². The standard InChI is InChI=1S/C32H40O13/c1-10-17-19(29(6)30(7,39)26(38)45-32(29)24(10)44-32)21(36)18-16-13(8-15(27(17,18)4)41-11(2)33)28(5)25(42-12(3)34)22-14(43-22)9-31(28,40)23(37)20(16)35/h10,13-19,22-25,37,39-40H,8-9H2,1-7H3/t10-,13-,14-,15-,16+,17-,18+,19-,22-,23-,24+,25-,27+,28-,29-,30+,31-,32-/m0/s1. The molecule has 8 aliphatic rings. The minimum absolute atomic E-state index is 0.0199. The minimum Gasteiger partial charge on any atom is -0.462 e. The molecule has 3 saturated heterocycles. The molecule has 5 aliphatic carbocycles. The highest BCUT2D eigenvalue weighted by molar-refractivity contribution is 5.99. The molecular formula is C32H40O13. The molecule has 0 aromatic rings. The van der Waals surface area contributed by atoms with Crippen molar-refractivity contribution in [1.29, 1.82) is 0 Å². The summed E-state index contributed by atoms with van der Waals surface area (Å²) in [5, 5.41) is 35.6. The molecule has 45 heavy (non-hydrogen) atoms. The lowest BCUT2D eigenvalue weighted by atomic mass is 9.40. The molecule has 3 heterocycles. The number of hydrogen-bond acceptors (Lipinski definition) is 13. The first-order chi connectivity index (χ1) is 20.8. The fraction of sp³-hybridized carbons (Fsp3) is 0.844. The number of aliphatic hydroxyl groups is 3. The predicted octanol–water partition coefficient (Wildman–Crippen LogP) is -0.165. The van der Waals surface area contributed by atoms with Gasteiger partial charge in [-0.2, -0.15) is 0 Å². The van der Waals surface area contributed by atoms with E-state index in [2.05, 4.69) is 0 Å². The summed E-state index contributed by atoms with van der Waals surface area (Å²) in [6, 6.07) is 0. The van der Waals surface area contributed by atoms with Crippen LogP contribution in [0.5, 0.6) is 0 Å². The predicted molar refractivity (Wildman–Crippen MR) is 145 cm³/mol. The van der Waals surface area contributed by atoms with Gasteiger partial charge in [0.25, 0.3) is 5.79 Å². The zero-order chi connectivity index (χ0) is 32.8. The molecule has 8 rings (SSSR count). The van der Waals surface area contributed by atoms with E-state index in [1.807, 2.05) is 6.92 Å². The number of carbonyl (C=O) groups excluding carboxylic acids is 5. The molecule has 5 saturated carbocycles. The van der Waals surface area contributed by atoms with E-state index in [9.17, 15) is 34.5 Å². The van der Waals surface area contributed by atoms with Crippen LogP contribution in [-0.2, 0) is 47.7 Å². The van der Waals surface area contributed by atoms with E-state index in [4.69, 9.17) is 23.7 Å². The summed E-state index contributed by atoms with van der Waals surface area (Å²) in [7, 11) is 0. The van der Waals surface area contributed by atoms with Crippen molar-refractivity contribution in [3.8, 4) is 0 Å². The van der Waals surface area contributed by atoms with E-state index >= 15 is 4.79 Å². The lowest BCUT2D eigenvalue weighted by Gasteiger charge is -2.65. The number of Topliss-reactive ketones (excluding diaryl/α,β-unsaturated/α-hetero) is 2. The van der Waals surface area contributed by atoms with Crippen LogP contribution in [0, 0.1) is 51.8 Å². The third-order valence-corrected chi connectivity index (χ3v) is 14.4. The van der Waals surface area contributed by atoms with Crippen molar-refractivity contribution in [3.63, 3.8) is 0 Å². The fourth-order valence-corrected chi connectivity index (χ4v) is 12.1. The summed E-state index contributed by atoms with van der Waals surface area (Å²) in [6.07, 6.45) is -5.77. The highest BCUT2D eigenvalue weighted by Crippen LogP contribution is 2.79. The van der Waals surface area contributed by atoms with Crippen LogP contribution in [0.25, 0.3) is 0 Å². The summed E-state index contributed by atoms with van der Waals surface area (Å²) in [6.45, 7) is 10.7. The Morgan fingerprint density at radius 2 is 1.60 bits per heavy atom. The number of epoxide rings is 2. The molecule has 13 nitrogen and oxygen atoms in total. The number of rotatable bonds is 2. The number of carbonyl (C=O) groups is 5. The summed E-state index contributed by atoms with van der Waals surface area (Å²) < 4.78 is 29.4. The first-order valence-electron chi connectivity index (χ1n) is 15.9. The van der Waals surface area contributed by atoms with Crippen LogP contribution in [0.2, 0.25) is 0 Å². The molecule has 1 spiro atoms. The fourth-order valence-electron chi connectivity index (χ4n) is 12.1. The third-order valence-electron chi connectivity index (χ3n) is 14.4. The van der Waals surface area contributed by atoms with Gasteiger partial charge in [0, 0.05) is 48.9 Å². The van der Waals surface area contributed by atoms with Crippen LogP contribution in [0.3, 0.4) is 0 Å². The maximum absolute atomic E-state index is 15.2. The molecule has 3 aliphatic heterocycles. The van der Waals surface area contributed by atoms with E-state index in [1.54, 1.807) is 20.8 Å². The van der Waals surface area contributed by atoms with Gasteiger partial charge in [-0.25, -0.2) is 4.79 Å². The Bertz CT molecular complexity index is 1490. The summed E-state index contributed by atoms with van der Waals surface area (Å²) in [4.78, 5) is 67.8. The average molecular weight is 633 g/mol. The monoisotopic (exact) mass is 632 g/mol. The van der Waals surface area contributed by atoms with Gasteiger partial charge in [-0.1, -0.05) is 20.8 Å². The van der Waals surface area contributed by atoms with Crippen molar-refractivity contribution in [3.05, 3.63) is 0 Å². The number of fused-ring (bicyclic) bond motifs is 9. The van der Waals surface area contributed by atoms with Gasteiger partial charge < -0.3 is 39.0 Å². The Kier molecular flexibility index (Phi) is 5.42. The second kappa shape index (κ2) is 8.15. The second-order valence-electron chi connectivity index (χ2n) is 15.8. The Balaban J connectivity index is 1.34. The minimum atomic E-state index is -2.12. The van der Waals surface area contributed by atoms with E-state index in [0.717, 1.165) is 0 Å². The molecule has 3 N–H and O–H groups in total. The highest BCUT2D eigenvalue weighted by Gasteiger charge is 2.93. The van der Waals surface area contributed by atoms with E-state index < -0.39 is 135 Å². The molecule has 0 bridgehead atoms. The zero-order valence-electron chi connectivity index (χ0n) is 26.3. The molecule has 0 radical (unpaired) electrons. The number of hydrogen-bond donors (Lipinski definition) is 3. The van der Waals surface area contributed by atoms with Gasteiger partial charge in [0.15, 0.2) is 11.4 Å². The van der Waals surface area contributed by atoms with E-state index in [1.165, 1.54) is 20.8 Å². The molecule has 0 aromatic heterocycles. The molecule has 8 fully saturated rings. The van der Waals surface area contributed by atoms with Crippen molar-refractivity contribution in [1.82, 2.24) is 0 Å². The Hall–Kier alpha value is -2.45. The Morgan fingerprint density at radius 1 is 0.956 bits per heavy atom. The topological polar surface area (TPSA) is 199 Å². The number of aliphatic hydroxyl groups excluding tert-OH is 1. The third kappa shape index (κ3) is 2.91. The normalized spacial score (nSPS) is 61.3. The molecular weight excluding hydrogens is 592 g/mol. The van der Waals surface area contributed by atoms with Crippen LogP contribution >= 0.6 is 0 Å². The summed E-state index contributed by atoms with van der Waals surface area (Å²) >= 11 is 0. The van der Waals surface area contributed by atoms with Crippen molar-refractivity contribution in [2.75, 3.05) is 0 Å².